The molecule has 0 heterocycles. The number of hydrogen-bond acceptors (Lipinski definition) is 3. The van der Waals surface area contributed by atoms with E-state index in [0.717, 1.165) is 31.2 Å². The van der Waals surface area contributed by atoms with Gasteiger partial charge in [-0.15, -0.1) is 0 Å². The normalized spacial score (nSPS) is 13.8. The number of aryl methyl sites for hydroxylation is 2. The molecule has 0 bridgehead atoms. The van der Waals surface area contributed by atoms with Gasteiger partial charge in [-0.2, -0.15) is 8.42 Å². The molecule has 0 amide bonds. The van der Waals surface area contributed by atoms with Crippen molar-refractivity contribution in [1.82, 2.24) is 0 Å². The summed E-state index contributed by atoms with van der Waals surface area (Å²) >= 11 is 0. The monoisotopic (exact) mass is 454 g/mol. The molecule has 0 aliphatic heterocycles. The van der Waals surface area contributed by atoms with Gasteiger partial charge in [0.2, 0.25) is 4.93 Å². The summed E-state index contributed by atoms with van der Waals surface area (Å²) in [6.45, 7) is 7.62. The van der Waals surface area contributed by atoms with Gasteiger partial charge in [-0.05, 0) is 49.8 Å². The van der Waals surface area contributed by atoms with Crippen LogP contribution in [0.4, 0.5) is 0 Å². The van der Waals surface area contributed by atoms with E-state index in [1.165, 1.54) is 76.7 Å². The quantitative estimate of drug-likeness (QED) is 0.181. The number of ether oxygens (including phenoxy) is 1. The lowest BCUT2D eigenvalue weighted by molar-refractivity contribution is 0.153. The standard InChI is InChI=1S/C26H46O4S/c1-5-8-10-12-14-16-18-23-20-21-24(19-17-15-13-11-9-6-2)25(22-23)30-26(4,7-3)31(27,28)29/h20-22H,5-19H2,1-4H3,(H,27,28,29). The molecule has 31 heavy (non-hydrogen) atoms. The Morgan fingerprint density at radius 2 is 1.32 bits per heavy atom. The van der Waals surface area contributed by atoms with E-state index in [0.29, 0.717) is 5.75 Å². The van der Waals surface area contributed by atoms with Gasteiger partial charge in [-0.25, -0.2) is 0 Å². The van der Waals surface area contributed by atoms with Gasteiger partial charge in [0.15, 0.2) is 0 Å². The molecular weight excluding hydrogens is 408 g/mol. The fourth-order valence-electron chi connectivity index (χ4n) is 3.80. The molecule has 0 saturated carbocycles. The van der Waals surface area contributed by atoms with Crippen molar-refractivity contribution >= 4 is 10.1 Å². The Bertz CT molecular complexity index is 714. The third-order valence-electron chi connectivity index (χ3n) is 6.26. The average molecular weight is 455 g/mol. The third-order valence-corrected chi connectivity index (χ3v) is 7.73. The maximum absolute atomic E-state index is 12.0. The fraction of sp³-hybridized carbons (Fsp3) is 0.769. The zero-order chi connectivity index (χ0) is 23.2. The second kappa shape index (κ2) is 14.9. The van der Waals surface area contributed by atoms with Crippen LogP contribution in [0.1, 0.15) is 122 Å². The van der Waals surface area contributed by atoms with Crippen molar-refractivity contribution in [1.29, 1.82) is 0 Å². The maximum Gasteiger partial charge on any atom is 0.306 e. The van der Waals surface area contributed by atoms with Crippen LogP contribution < -0.4 is 4.74 Å². The van der Waals surface area contributed by atoms with Crippen molar-refractivity contribution < 1.29 is 17.7 Å². The number of benzene rings is 1. The molecule has 0 aliphatic carbocycles. The van der Waals surface area contributed by atoms with E-state index < -0.39 is 15.1 Å². The van der Waals surface area contributed by atoms with Crippen molar-refractivity contribution in [3.63, 3.8) is 0 Å². The molecule has 1 aromatic carbocycles. The molecule has 1 unspecified atom stereocenters. The SMILES string of the molecule is CCCCCCCCc1ccc(CCCCCCCC)c(OC(C)(CC)S(=O)(=O)O)c1. The Balaban J connectivity index is 2.85. The Labute approximate surface area is 191 Å². The highest BCUT2D eigenvalue weighted by atomic mass is 32.2. The van der Waals surface area contributed by atoms with Gasteiger partial charge in [-0.3, -0.25) is 4.55 Å². The fourth-order valence-corrected chi connectivity index (χ4v) is 4.36. The number of rotatable bonds is 18. The van der Waals surface area contributed by atoms with Crippen LogP contribution in [-0.2, 0) is 23.0 Å². The third kappa shape index (κ3) is 10.4. The van der Waals surface area contributed by atoms with Crippen molar-refractivity contribution in [2.75, 3.05) is 0 Å². The average Bonchev–Trinajstić information content (AvgIpc) is 2.73. The predicted octanol–water partition coefficient (Wildman–Crippen LogP) is 7.89. The van der Waals surface area contributed by atoms with Crippen LogP contribution in [0.25, 0.3) is 0 Å². The highest BCUT2D eigenvalue weighted by Gasteiger charge is 2.39. The zero-order valence-corrected chi connectivity index (χ0v) is 21.2. The summed E-state index contributed by atoms with van der Waals surface area (Å²) in [5.74, 6) is 0.610. The second-order valence-electron chi connectivity index (χ2n) is 9.04. The van der Waals surface area contributed by atoms with Crippen LogP contribution in [0.3, 0.4) is 0 Å². The molecule has 0 spiro atoms. The van der Waals surface area contributed by atoms with Crippen LogP contribution in [0, 0.1) is 0 Å². The topological polar surface area (TPSA) is 63.6 Å². The first-order valence-electron chi connectivity index (χ1n) is 12.5. The van der Waals surface area contributed by atoms with E-state index in [1.54, 1.807) is 6.92 Å². The first-order valence-corrected chi connectivity index (χ1v) is 14.0. The molecule has 0 fully saturated rings. The molecule has 0 radical (unpaired) electrons. The molecule has 4 nitrogen and oxygen atoms in total. The van der Waals surface area contributed by atoms with E-state index in [-0.39, 0.29) is 6.42 Å². The second-order valence-corrected chi connectivity index (χ2v) is 10.9. The van der Waals surface area contributed by atoms with Crippen LogP contribution >= 0.6 is 0 Å². The van der Waals surface area contributed by atoms with Gasteiger partial charge in [0.1, 0.15) is 5.75 Å². The van der Waals surface area contributed by atoms with Crippen molar-refractivity contribution in [2.24, 2.45) is 0 Å². The number of hydrogen-bond donors (Lipinski definition) is 1. The largest absolute Gasteiger partial charge is 0.469 e. The maximum atomic E-state index is 12.0. The van der Waals surface area contributed by atoms with Gasteiger partial charge in [0.05, 0.1) is 0 Å². The van der Waals surface area contributed by atoms with Crippen LogP contribution in [-0.4, -0.2) is 17.9 Å². The van der Waals surface area contributed by atoms with Crippen molar-refractivity contribution in [3.8, 4) is 5.75 Å². The van der Waals surface area contributed by atoms with Gasteiger partial charge >= 0.3 is 10.1 Å². The Morgan fingerprint density at radius 3 is 1.84 bits per heavy atom. The summed E-state index contributed by atoms with van der Waals surface area (Å²) in [6, 6.07) is 6.24. The molecule has 0 aliphatic rings. The molecular formula is C26H46O4S. The smallest absolute Gasteiger partial charge is 0.306 e. The van der Waals surface area contributed by atoms with E-state index in [2.05, 4.69) is 26.0 Å². The Hall–Kier alpha value is -1.07. The van der Waals surface area contributed by atoms with Crippen LogP contribution in [0.5, 0.6) is 5.75 Å². The molecule has 1 rings (SSSR count). The molecule has 0 saturated heterocycles. The summed E-state index contributed by atoms with van der Waals surface area (Å²) in [5.41, 5.74) is 2.21. The summed E-state index contributed by atoms with van der Waals surface area (Å²) in [7, 11) is -4.33. The Morgan fingerprint density at radius 1 is 0.806 bits per heavy atom. The lowest BCUT2D eigenvalue weighted by atomic mass is 10.00. The van der Waals surface area contributed by atoms with E-state index in [4.69, 9.17) is 4.74 Å². The van der Waals surface area contributed by atoms with Gasteiger partial charge < -0.3 is 4.74 Å². The van der Waals surface area contributed by atoms with Crippen LogP contribution in [0.2, 0.25) is 0 Å². The summed E-state index contributed by atoms with van der Waals surface area (Å²) in [6.07, 6.45) is 16.7. The minimum atomic E-state index is -4.33. The Kier molecular flexibility index (Phi) is 13.4. The highest BCUT2D eigenvalue weighted by Crippen LogP contribution is 2.31. The first-order chi connectivity index (χ1) is 14.8. The lowest BCUT2D eigenvalue weighted by Gasteiger charge is -2.28. The van der Waals surface area contributed by atoms with Gasteiger partial charge in [0, 0.05) is 6.42 Å². The van der Waals surface area contributed by atoms with Crippen LogP contribution in [0.15, 0.2) is 18.2 Å². The van der Waals surface area contributed by atoms with Gasteiger partial charge in [0.25, 0.3) is 0 Å². The predicted molar refractivity (Wildman–Crippen MR) is 131 cm³/mol. The zero-order valence-electron chi connectivity index (χ0n) is 20.4. The molecule has 1 atom stereocenters. The van der Waals surface area contributed by atoms with Crippen molar-refractivity contribution in [2.45, 2.75) is 129 Å². The highest BCUT2D eigenvalue weighted by molar-refractivity contribution is 7.87. The lowest BCUT2D eigenvalue weighted by Crippen LogP contribution is -2.40. The molecule has 1 aromatic rings. The summed E-state index contributed by atoms with van der Waals surface area (Å²) in [5, 5.41) is 0. The molecule has 180 valence electrons. The first kappa shape index (κ1) is 28.0. The summed E-state index contributed by atoms with van der Waals surface area (Å²) < 4.78 is 39.7. The number of unbranched alkanes of at least 4 members (excludes halogenated alkanes) is 10. The van der Waals surface area contributed by atoms with Crippen molar-refractivity contribution in [3.05, 3.63) is 29.3 Å². The summed E-state index contributed by atoms with van der Waals surface area (Å²) in [4.78, 5) is -1.62. The van der Waals surface area contributed by atoms with Gasteiger partial charge in [-0.1, -0.05) is 97.1 Å². The van der Waals surface area contributed by atoms with E-state index in [9.17, 15) is 13.0 Å². The minimum absolute atomic E-state index is 0.184. The van der Waals surface area contributed by atoms with E-state index in [1.807, 2.05) is 6.07 Å². The molecule has 1 N–H and O–H groups in total. The minimum Gasteiger partial charge on any atom is -0.469 e. The molecule has 5 heteroatoms. The van der Waals surface area contributed by atoms with E-state index >= 15 is 0 Å². The molecule has 0 aromatic heterocycles.